The van der Waals surface area contributed by atoms with E-state index in [-0.39, 0.29) is 24.9 Å². The molecule has 0 aliphatic heterocycles. The second kappa shape index (κ2) is 5.88. The van der Waals surface area contributed by atoms with Gasteiger partial charge in [0.2, 0.25) is 0 Å². The minimum absolute atomic E-state index is 0.0102. The highest BCUT2D eigenvalue weighted by atomic mass is 35.5. The lowest BCUT2D eigenvalue weighted by atomic mass is 10.4. The van der Waals surface area contributed by atoms with Gasteiger partial charge in [-0.2, -0.15) is 0 Å². The SMILES string of the molecule is COC(=O)c1[nH]c(C)cc1NS(=O)(=O)c1cc(Cl)sc1Cl. The Morgan fingerprint density at radius 1 is 1.38 bits per heavy atom. The molecule has 10 heteroatoms. The average molecular weight is 369 g/mol. The number of hydrogen-bond acceptors (Lipinski definition) is 5. The lowest BCUT2D eigenvalue weighted by Crippen LogP contribution is -2.15. The molecule has 21 heavy (non-hydrogen) atoms. The van der Waals surface area contributed by atoms with Gasteiger partial charge in [0, 0.05) is 5.69 Å². The van der Waals surface area contributed by atoms with Crippen molar-refractivity contribution in [1.82, 2.24) is 4.98 Å². The van der Waals surface area contributed by atoms with Crippen LogP contribution in [0.4, 0.5) is 5.69 Å². The molecule has 0 spiro atoms. The van der Waals surface area contributed by atoms with Crippen molar-refractivity contribution in [2.45, 2.75) is 11.8 Å². The van der Waals surface area contributed by atoms with Gasteiger partial charge in [0.05, 0.1) is 17.1 Å². The minimum atomic E-state index is -3.96. The Morgan fingerprint density at radius 2 is 2.05 bits per heavy atom. The normalized spacial score (nSPS) is 11.4. The number of aromatic amines is 1. The molecule has 0 bridgehead atoms. The summed E-state index contributed by atoms with van der Waals surface area (Å²) in [6, 6.07) is 2.72. The van der Waals surface area contributed by atoms with Crippen LogP contribution in [0.2, 0.25) is 8.67 Å². The van der Waals surface area contributed by atoms with E-state index in [4.69, 9.17) is 23.2 Å². The van der Waals surface area contributed by atoms with Crippen LogP contribution >= 0.6 is 34.5 Å². The molecule has 2 N–H and O–H groups in total. The van der Waals surface area contributed by atoms with E-state index in [1.807, 2.05) is 0 Å². The van der Waals surface area contributed by atoms with Gasteiger partial charge in [0.25, 0.3) is 10.0 Å². The zero-order valence-electron chi connectivity index (χ0n) is 10.9. The fourth-order valence-electron chi connectivity index (χ4n) is 1.64. The Hall–Kier alpha value is -1.22. The van der Waals surface area contributed by atoms with Gasteiger partial charge in [-0.25, -0.2) is 13.2 Å². The Labute approximate surface area is 135 Å². The number of aryl methyl sites for hydroxylation is 1. The first-order chi connectivity index (χ1) is 9.74. The molecule has 0 atom stereocenters. The molecular formula is C11H10Cl2N2O4S2. The number of carbonyl (C=O) groups excluding carboxylic acids is 1. The largest absolute Gasteiger partial charge is 0.464 e. The number of methoxy groups -OCH3 is 1. The highest BCUT2D eigenvalue weighted by molar-refractivity contribution is 7.93. The van der Waals surface area contributed by atoms with E-state index in [0.717, 1.165) is 11.3 Å². The monoisotopic (exact) mass is 368 g/mol. The van der Waals surface area contributed by atoms with Crippen LogP contribution in [0.3, 0.4) is 0 Å². The highest BCUT2D eigenvalue weighted by Gasteiger charge is 2.24. The number of halogens is 2. The van der Waals surface area contributed by atoms with E-state index in [1.165, 1.54) is 19.2 Å². The third kappa shape index (κ3) is 3.34. The number of aromatic nitrogens is 1. The summed E-state index contributed by atoms with van der Waals surface area (Å²) in [7, 11) is -2.76. The number of carbonyl (C=O) groups is 1. The molecule has 0 aromatic carbocycles. The van der Waals surface area contributed by atoms with Crippen LogP contribution < -0.4 is 4.72 Å². The van der Waals surface area contributed by atoms with E-state index in [2.05, 4.69) is 14.4 Å². The molecule has 0 unspecified atom stereocenters. The van der Waals surface area contributed by atoms with Crippen LogP contribution in [0.1, 0.15) is 16.2 Å². The molecule has 2 heterocycles. The molecule has 114 valence electrons. The number of sulfonamides is 1. The number of esters is 1. The second-order valence-corrected chi connectivity index (χ2v) is 7.96. The maximum absolute atomic E-state index is 12.3. The van der Waals surface area contributed by atoms with E-state index in [1.54, 1.807) is 6.92 Å². The van der Waals surface area contributed by atoms with Crippen molar-refractivity contribution in [1.29, 1.82) is 0 Å². The van der Waals surface area contributed by atoms with Crippen molar-refractivity contribution in [2.75, 3.05) is 11.8 Å². The molecule has 2 aromatic heterocycles. The van der Waals surface area contributed by atoms with Crippen LogP contribution in [0, 0.1) is 6.92 Å². The van der Waals surface area contributed by atoms with Gasteiger partial charge >= 0.3 is 5.97 Å². The summed E-state index contributed by atoms with van der Waals surface area (Å²) in [5, 5.41) is 0. The third-order valence-corrected chi connectivity index (χ3v) is 5.62. The van der Waals surface area contributed by atoms with E-state index in [9.17, 15) is 13.2 Å². The van der Waals surface area contributed by atoms with Crippen molar-refractivity contribution < 1.29 is 17.9 Å². The molecule has 2 rings (SSSR count). The number of nitrogens with one attached hydrogen (secondary N) is 2. The maximum Gasteiger partial charge on any atom is 0.356 e. The molecule has 0 radical (unpaired) electrons. The molecule has 0 aliphatic rings. The van der Waals surface area contributed by atoms with Crippen LogP contribution in [0.15, 0.2) is 17.0 Å². The molecule has 0 amide bonds. The molecule has 0 saturated carbocycles. The Bertz CT molecular complexity index is 795. The number of ether oxygens (including phenoxy) is 1. The smallest absolute Gasteiger partial charge is 0.356 e. The fourth-order valence-corrected chi connectivity index (χ4v) is 4.85. The Kier molecular flexibility index (Phi) is 4.52. The number of anilines is 1. The standard InChI is InChI=1S/C11H10Cl2N2O4S2/c1-5-3-6(9(14-5)11(16)19-2)15-21(17,18)7-4-8(12)20-10(7)13/h3-4,14-15H,1-2H3. The summed E-state index contributed by atoms with van der Waals surface area (Å²) in [5.74, 6) is -0.685. The topological polar surface area (TPSA) is 88.3 Å². The first kappa shape index (κ1) is 16.2. The predicted molar refractivity (Wildman–Crippen MR) is 82.0 cm³/mol. The van der Waals surface area contributed by atoms with Crippen molar-refractivity contribution in [2.24, 2.45) is 0 Å². The zero-order valence-corrected chi connectivity index (χ0v) is 14.0. The van der Waals surface area contributed by atoms with Gasteiger partial charge in [-0.15, -0.1) is 11.3 Å². The maximum atomic E-state index is 12.3. The van der Waals surface area contributed by atoms with Crippen molar-refractivity contribution in [3.8, 4) is 0 Å². The van der Waals surface area contributed by atoms with E-state index < -0.39 is 16.0 Å². The Balaban J connectivity index is 2.42. The zero-order chi connectivity index (χ0) is 15.8. The number of hydrogen-bond donors (Lipinski definition) is 2. The lowest BCUT2D eigenvalue weighted by Gasteiger charge is -2.07. The summed E-state index contributed by atoms with van der Waals surface area (Å²) >= 11 is 12.5. The highest BCUT2D eigenvalue weighted by Crippen LogP contribution is 2.35. The van der Waals surface area contributed by atoms with Gasteiger partial charge in [-0.05, 0) is 19.1 Å². The number of rotatable bonds is 4. The van der Waals surface area contributed by atoms with Gasteiger partial charge in [-0.3, -0.25) is 4.72 Å². The van der Waals surface area contributed by atoms with Crippen molar-refractivity contribution in [3.05, 3.63) is 32.2 Å². The summed E-state index contributed by atoms with van der Waals surface area (Å²) < 4.78 is 31.8. The number of H-pyrrole nitrogens is 1. The molecular weight excluding hydrogens is 359 g/mol. The molecule has 2 aromatic rings. The van der Waals surface area contributed by atoms with E-state index >= 15 is 0 Å². The summed E-state index contributed by atoms with van der Waals surface area (Å²) in [4.78, 5) is 14.2. The van der Waals surface area contributed by atoms with Crippen LogP contribution in [-0.2, 0) is 14.8 Å². The second-order valence-electron chi connectivity index (χ2n) is 4.03. The summed E-state index contributed by atoms with van der Waals surface area (Å²) in [6.45, 7) is 1.68. The Morgan fingerprint density at radius 3 is 2.57 bits per heavy atom. The van der Waals surface area contributed by atoms with Gasteiger partial charge in [-0.1, -0.05) is 23.2 Å². The fraction of sp³-hybridized carbons (Fsp3) is 0.182. The summed E-state index contributed by atoms with van der Waals surface area (Å²) in [6.07, 6.45) is 0. The third-order valence-electron chi connectivity index (χ3n) is 2.50. The number of thiophene rings is 1. The van der Waals surface area contributed by atoms with Crippen LogP contribution in [0.25, 0.3) is 0 Å². The van der Waals surface area contributed by atoms with Crippen LogP contribution in [0.5, 0.6) is 0 Å². The first-order valence-electron chi connectivity index (χ1n) is 5.50. The van der Waals surface area contributed by atoms with Gasteiger partial charge in [0.15, 0.2) is 0 Å². The van der Waals surface area contributed by atoms with Gasteiger partial charge < -0.3 is 9.72 Å². The summed E-state index contributed by atoms with van der Waals surface area (Å²) in [5.41, 5.74) is 0.691. The van der Waals surface area contributed by atoms with Crippen molar-refractivity contribution >= 4 is 56.2 Å². The minimum Gasteiger partial charge on any atom is -0.464 e. The lowest BCUT2D eigenvalue weighted by molar-refractivity contribution is 0.0596. The predicted octanol–water partition coefficient (Wildman–Crippen LogP) is 3.28. The van der Waals surface area contributed by atoms with Crippen LogP contribution in [-0.4, -0.2) is 26.5 Å². The molecule has 0 saturated heterocycles. The van der Waals surface area contributed by atoms with E-state index in [0.29, 0.717) is 5.69 Å². The average Bonchev–Trinajstić information content (AvgIpc) is 2.91. The quantitative estimate of drug-likeness (QED) is 0.810. The first-order valence-corrected chi connectivity index (χ1v) is 8.55. The van der Waals surface area contributed by atoms with Crippen molar-refractivity contribution in [3.63, 3.8) is 0 Å². The van der Waals surface area contributed by atoms with Gasteiger partial charge in [0.1, 0.15) is 14.9 Å². The molecule has 0 aliphatic carbocycles. The molecule has 6 nitrogen and oxygen atoms in total. The molecule has 0 fully saturated rings.